The molecule has 130 valence electrons. The van der Waals surface area contributed by atoms with Gasteiger partial charge in [-0.25, -0.2) is 8.42 Å². The molecule has 23 heavy (non-hydrogen) atoms. The maximum atomic E-state index is 12.1. The Bertz CT molecular complexity index is 594. The average Bonchev–Trinajstić information content (AvgIpc) is 2.85. The van der Waals surface area contributed by atoms with E-state index in [9.17, 15) is 18.0 Å². The molecule has 7 nitrogen and oxygen atoms in total. The van der Waals surface area contributed by atoms with Gasteiger partial charge in [-0.2, -0.15) is 0 Å². The van der Waals surface area contributed by atoms with Gasteiger partial charge in [0.15, 0.2) is 0 Å². The van der Waals surface area contributed by atoms with Crippen LogP contribution in [0.5, 0.6) is 0 Å². The van der Waals surface area contributed by atoms with Gasteiger partial charge in [0.05, 0.1) is 5.75 Å². The van der Waals surface area contributed by atoms with Crippen molar-refractivity contribution in [2.75, 3.05) is 44.7 Å². The third-order valence-electron chi connectivity index (χ3n) is 5.25. The Kier molecular flexibility index (Phi) is 4.39. The first kappa shape index (κ1) is 16.7. The summed E-state index contributed by atoms with van der Waals surface area (Å²) in [6.45, 7) is 5.59. The van der Waals surface area contributed by atoms with Crippen LogP contribution in [0.25, 0.3) is 0 Å². The highest BCUT2D eigenvalue weighted by Gasteiger charge is 2.56. The van der Waals surface area contributed by atoms with Gasteiger partial charge in [-0.05, 0) is 24.2 Å². The van der Waals surface area contributed by atoms with Crippen molar-refractivity contribution in [3.63, 3.8) is 0 Å². The molecule has 0 aromatic carbocycles. The Morgan fingerprint density at radius 3 is 2.35 bits per heavy atom. The molecule has 2 unspecified atom stereocenters. The lowest BCUT2D eigenvalue weighted by Gasteiger charge is -2.20. The van der Waals surface area contributed by atoms with Crippen LogP contribution in [0.1, 0.15) is 13.3 Å². The Hall–Kier alpha value is -1.15. The van der Waals surface area contributed by atoms with E-state index in [2.05, 4.69) is 17.1 Å². The molecular weight excluding hydrogens is 318 g/mol. The standard InChI is InChI=1S/C15H25N3O4S/c1-10-3-4-18(7-10)15(20)14(19)16-13-11-8-17(9-12(11)13)5-6-23(2,21)22/h10-13H,3-9H2,1-2H3,(H,16,19)/t10?,11-,12+,13?. The molecule has 3 aliphatic rings. The van der Waals surface area contributed by atoms with E-state index < -0.39 is 21.7 Å². The highest BCUT2D eigenvalue weighted by atomic mass is 32.2. The number of carbonyl (C=O) groups excluding carboxylic acids is 2. The number of fused-ring (bicyclic) bond motifs is 1. The third-order valence-corrected chi connectivity index (χ3v) is 6.18. The Morgan fingerprint density at radius 2 is 1.83 bits per heavy atom. The van der Waals surface area contributed by atoms with E-state index in [0.717, 1.165) is 19.5 Å². The molecule has 3 fully saturated rings. The monoisotopic (exact) mass is 343 g/mol. The molecule has 1 aliphatic carbocycles. The average molecular weight is 343 g/mol. The zero-order chi connectivity index (χ0) is 16.8. The molecule has 1 saturated carbocycles. The van der Waals surface area contributed by atoms with E-state index in [4.69, 9.17) is 0 Å². The van der Waals surface area contributed by atoms with Crippen LogP contribution < -0.4 is 5.32 Å². The predicted molar refractivity (Wildman–Crippen MR) is 85.4 cm³/mol. The van der Waals surface area contributed by atoms with Crippen LogP contribution in [-0.4, -0.2) is 80.8 Å². The molecule has 8 heteroatoms. The summed E-state index contributed by atoms with van der Waals surface area (Å²) in [5.41, 5.74) is 0. The molecule has 2 aliphatic heterocycles. The lowest BCUT2D eigenvalue weighted by Crippen LogP contribution is -2.44. The third kappa shape index (κ3) is 3.85. The van der Waals surface area contributed by atoms with Gasteiger partial charge in [0.1, 0.15) is 9.84 Å². The van der Waals surface area contributed by atoms with Gasteiger partial charge < -0.3 is 15.1 Å². The van der Waals surface area contributed by atoms with Crippen LogP contribution in [0.4, 0.5) is 0 Å². The second-order valence-corrected chi connectivity index (χ2v) is 9.62. The van der Waals surface area contributed by atoms with Crippen molar-refractivity contribution < 1.29 is 18.0 Å². The predicted octanol–water partition coefficient (Wildman–Crippen LogP) is -1.05. The number of amides is 2. The van der Waals surface area contributed by atoms with E-state index in [1.807, 2.05) is 0 Å². The minimum Gasteiger partial charge on any atom is -0.344 e. The topological polar surface area (TPSA) is 86.8 Å². The van der Waals surface area contributed by atoms with Gasteiger partial charge in [0, 0.05) is 45.0 Å². The maximum absolute atomic E-state index is 12.1. The normalized spacial score (nSPS) is 33.6. The summed E-state index contributed by atoms with van der Waals surface area (Å²) in [6.07, 6.45) is 2.21. The quantitative estimate of drug-likeness (QED) is 0.658. The molecule has 4 atom stereocenters. The second-order valence-electron chi connectivity index (χ2n) is 7.36. The minimum absolute atomic E-state index is 0.0842. The Balaban J connectivity index is 1.41. The minimum atomic E-state index is -2.93. The van der Waals surface area contributed by atoms with Gasteiger partial charge in [0.2, 0.25) is 0 Å². The van der Waals surface area contributed by atoms with Gasteiger partial charge >= 0.3 is 11.8 Å². The molecule has 0 radical (unpaired) electrons. The first-order chi connectivity index (χ1) is 10.7. The maximum Gasteiger partial charge on any atom is 0.311 e. The molecule has 2 saturated heterocycles. The summed E-state index contributed by atoms with van der Waals surface area (Å²) < 4.78 is 22.4. The van der Waals surface area contributed by atoms with Crippen LogP contribution >= 0.6 is 0 Å². The van der Waals surface area contributed by atoms with E-state index >= 15 is 0 Å². The zero-order valence-electron chi connectivity index (χ0n) is 13.7. The Morgan fingerprint density at radius 1 is 1.17 bits per heavy atom. The van der Waals surface area contributed by atoms with Gasteiger partial charge in [-0.15, -0.1) is 0 Å². The first-order valence-electron chi connectivity index (χ1n) is 8.24. The molecule has 1 N–H and O–H groups in total. The molecule has 3 rings (SSSR count). The van der Waals surface area contributed by atoms with Crippen LogP contribution in [0, 0.1) is 17.8 Å². The summed E-state index contributed by atoms with van der Waals surface area (Å²) in [5, 5.41) is 2.87. The Labute approximate surface area is 137 Å². The van der Waals surface area contributed by atoms with Crippen LogP contribution in [0.3, 0.4) is 0 Å². The van der Waals surface area contributed by atoms with E-state index in [1.165, 1.54) is 6.26 Å². The van der Waals surface area contributed by atoms with E-state index in [-0.39, 0.29) is 11.8 Å². The fraction of sp³-hybridized carbons (Fsp3) is 0.867. The summed E-state index contributed by atoms with van der Waals surface area (Å²) in [4.78, 5) is 27.9. The van der Waals surface area contributed by atoms with Crippen molar-refractivity contribution in [2.24, 2.45) is 17.8 Å². The molecule has 2 heterocycles. The van der Waals surface area contributed by atoms with Crippen LogP contribution in [-0.2, 0) is 19.4 Å². The zero-order valence-corrected chi connectivity index (χ0v) is 14.5. The van der Waals surface area contributed by atoms with Gasteiger partial charge in [0.25, 0.3) is 0 Å². The van der Waals surface area contributed by atoms with E-state index in [0.29, 0.717) is 37.4 Å². The van der Waals surface area contributed by atoms with Crippen molar-refractivity contribution in [1.82, 2.24) is 15.1 Å². The van der Waals surface area contributed by atoms with Crippen molar-refractivity contribution in [3.05, 3.63) is 0 Å². The molecule has 2 amide bonds. The van der Waals surface area contributed by atoms with E-state index in [1.54, 1.807) is 4.90 Å². The fourth-order valence-electron chi connectivity index (χ4n) is 3.78. The van der Waals surface area contributed by atoms with Gasteiger partial charge in [-0.1, -0.05) is 6.92 Å². The number of carbonyl (C=O) groups is 2. The molecule has 0 aromatic rings. The number of nitrogens with one attached hydrogen (secondary N) is 1. The molecular formula is C15H25N3O4S. The SMILES string of the molecule is CC1CCN(C(=O)C(=O)NC2[C@H]3CN(CCS(C)(=O)=O)C[C@@H]23)C1. The van der Waals surface area contributed by atoms with Crippen LogP contribution in [0.15, 0.2) is 0 Å². The highest BCUT2D eigenvalue weighted by Crippen LogP contribution is 2.45. The molecule has 0 spiro atoms. The van der Waals surface area contributed by atoms with Crippen molar-refractivity contribution >= 4 is 21.7 Å². The second kappa shape index (κ2) is 6.05. The number of hydrogen-bond donors (Lipinski definition) is 1. The smallest absolute Gasteiger partial charge is 0.311 e. The number of likely N-dealkylation sites (tertiary alicyclic amines) is 2. The van der Waals surface area contributed by atoms with Crippen molar-refractivity contribution in [1.29, 1.82) is 0 Å². The summed E-state index contributed by atoms with van der Waals surface area (Å²) in [7, 11) is -2.93. The summed E-state index contributed by atoms with van der Waals surface area (Å²) >= 11 is 0. The number of hydrogen-bond acceptors (Lipinski definition) is 5. The van der Waals surface area contributed by atoms with Crippen LogP contribution in [0.2, 0.25) is 0 Å². The number of nitrogens with zero attached hydrogens (tertiary/aromatic N) is 2. The number of rotatable bonds is 4. The van der Waals surface area contributed by atoms with Crippen molar-refractivity contribution in [3.8, 4) is 0 Å². The van der Waals surface area contributed by atoms with Crippen molar-refractivity contribution in [2.45, 2.75) is 19.4 Å². The highest BCUT2D eigenvalue weighted by molar-refractivity contribution is 7.90. The lowest BCUT2D eigenvalue weighted by atomic mass is 10.2. The number of piperidine rings is 1. The summed E-state index contributed by atoms with van der Waals surface area (Å²) in [5.74, 6) is 0.479. The summed E-state index contributed by atoms with van der Waals surface area (Å²) in [6, 6.07) is 0.0842. The fourth-order valence-corrected chi connectivity index (χ4v) is 4.37. The largest absolute Gasteiger partial charge is 0.344 e. The first-order valence-corrected chi connectivity index (χ1v) is 10.3. The molecule has 0 bridgehead atoms. The lowest BCUT2D eigenvalue weighted by molar-refractivity contribution is -0.145. The molecule has 0 aromatic heterocycles. The number of sulfone groups is 1. The van der Waals surface area contributed by atoms with Gasteiger partial charge in [-0.3, -0.25) is 9.59 Å².